The maximum absolute atomic E-state index is 12.4. The van der Waals surface area contributed by atoms with Crippen molar-refractivity contribution in [1.82, 2.24) is 20.0 Å². The van der Waals surface area contributed by atoms with E-state index < -0.39 is 5.60 Å². The van der Waals surface area contributed by atoms with Crippen molar-refractivity contribution >= 4 is 6.03 Å². The number of carbonyl (C=O) groups excluding carboxylic acids is 1. The van der Waals surface area contributed by atoms with E-state index in [1.165, 1.54) is 10.7 Å². The highest BCUT2D eigenvalue weighted by atomic mass is 16.6. The third kappa shape index (κ3) is 4.38. The van der Waals surface area contributed by atoms with Crippen molar-refractivity contribution in [1.29, 1.82) is 0 Å². The summed E-state index contributed by atoms with van der Waals surface area (Å²) in [5, 5.41) is 7.01. The van der Waals surface area contributed by atoms with Gasteiger partial charge in [0.2, 0.25) is 0 Å². The number of carbonyl (C=O) groups is 1. The molecular weight excluding hydrogens is 324 g/mol. The summed E-state index contributed by atoms with van der Waals surface area (Å²) in [5.74, 6) is 0. The normalized spacial score (nSPS) is 26.8. The predicted molar refractivity (Wildman–Crippen MR) is 91.4 cm³/mol. The molecule has 2 atom stereocenters. The van der Waals surface area contributed by atoms with Crippen LogP contribution in [0.5, 0.6) is 0 Å². The van der Waals surface area contributed by atoms with Crippen LogP contribution >= 0.6 is 0 Å². The summed E-state index contributed by atoms with van der Waals surface area (Å²) in [7, 11) is 0. The number of aromatic nitrogens is 2. The number of nitrogens with one attached hydrogen (secondary N) is 1. The Balaban J connectivity index is 1.66. The fourth-order valence-electron chi connectivity index (χ4n) is 3.38. The number of hydrogen-bond donors (Lipinski definition) is 1. The molecule has 0 bridgehead atoms. The van der Waals surface area contributed by atoms with Crippen LogP contribution in [0.4, 0.5) is 4.79 Å². The highest BCUT2D eigenvalue weighted by Gasteiger charge is 2.44. The average Bonchev–Trinajstić information content (AvgIpc) is 2.81. The Hall–Kier alpha value is -1.93. The van der Waals surface area contributed by atoms with Gasteiger partial charge < -0.3 is 19.7 Å². The second-order valence-electron chi connectivity index (χ2n) is 7.08. The zero-order chi connectivity index (χ0) is 17.9. The Morgan fingerprint density at radius 2 is 2.36 bits per heavy atom. The lowest BCUT2D eigenvalue weighted by Gasteiger charge is -2.32. The molecule has 8 heteroatoms. The fourth-order valence-corrected chi connectivity index (χ4v) is 3.38. The summed E-state index contributed by atoms with van der Waals surface area (Å²) in [6, 6.07) is 3.11. The van der Waals surface area contributed by atoms with Gasteiger partial charge in [0.25, 0.3) is 5.56 Å². The van der Waals surface area contributed by atoms with Gasteiger partial charge in [-0.2, -0.15) is 5.10 Å². The molecule has 1 N–H and O–H groups in total. The first kappa shape index (κ1) is 17.9. The van der Waals surface area contributed by atoms with Crippen molar-refractivity contribution in [2.24, 2.45) is 0 Å². The fraction of sp³-hybridized carbons (Fsp3) is 0.706. The van der Waals surface area contributed by atoms with Crippen molar-refractivity contribution in [3.05, 3.63) is 28.7 Å². The largest absolute Gasteiger partial charge is 0.377 e. The first-order valence-electron chi connectivity index (χ1n) is 8.81. The lowest BCUT2D eigenvalue weighted by atomic mass is 10.00. The second-order valence-corrected chi connectivity index (χ2v) is 7.08. The SMILES string of the molecule is CC(C)NC(=O)N1CCOC[C@]2(CC[C@@H](Cn3ncccc3=O)O2)C1. The molecule has 0 radical (unpaired) electrons. The van der Waals surface area contributed by atoms with E-state index in [-0.39, 0.29) is 23.7 Å². The Labute approximate surface area is 147 Å². The van der Waals surface area contributed by atoms with E-state index in [0.29, 0.717) is 32.8 Å². The first-order valence-corrected chi connectivity index (χ1v) is 8.81. The van der Waals surface area contributed by atoms with E-state index >= 15 is 0 Å². The van der Waals surface area contributed by atoms with E-state index in [1.807, 2.05) is 13.8 Å². The maximum Gasteiger partial charge on any atom is 0.317 e. The van der Waals surface area contributed by atoms with Crippen molar-refractivity contribution in [3.8, 4) is 0 Å². The monoisotopic (exact) mass is 350 g/mol. The van der Waals surface area contributed by atoms with Crippen LogP contribution in [0.3, 0.4) is 0 Å². The summed E-state index contributed by atoms with van der Waals surface area (Å²) in [6.45, 7) is 6.31. The predicted octanol–water partition coefficient (Wildman–Crippen LogP) is 0.611. The van der Waals surface area contributed by atoms with Crippen LogP contribution in [-0.2, 0) is 16.0 Å². The van der Waals surface area contributed by atoms with Crippen LogP contribution in [0.2, 0.25) is 0 Å². The Morgan fingerprint density at radius 1 is 1.52 bits per heavy atom. The third-order valence-electron chi connectivity index (χ3n) is 4.55. The van der Waals surface area contributed by atoms with Crippen LogP contribution in [0.1, 0.15) is 26.7 Å². The Kier molecular flexibility index (Phi) is 5.39. The topological polar surface area (TPSA) is 85.7 Å². The molecule has 138 valence electrons. The maximum atomic E-state index is 12.4. The minimum absolute atomic E-state index is 0.0842. The molecule has 2 aliphatic rings. The van der Waals surface area contributed by atoms with Gasteiger partial charge in [-0.1, -0.05) is 0 Å². The van der Waals surface area contributed by atoms with Gasteiger partial charge in [-0.05, 0) is 32.8 Å². The number of urea groups is 1. The van der Waals surface area contributed by atoms with Gasteiger partial charge >= 0.3 is 6.03 Å². The number of ether oxygens (including phenoxy) is 2. The Morgan fingerprint density at radius 3 is 3.12 bits per heavy atom. The lowest BCUT2D eigenvalue weighted by molar-refractivity contribution is -0.0879. The molecule has 25 heavy (non-hydrogen) atoms. The number of nitrogens with zero attached hydrogens (tertiary/aromatic N) is 3. The minimum Gasteiger partial charge on any atom is -0.377 e. The lowest BCUT2D eigenvalue weighted by Crippen LogP contribution is -2.51. The molecule has 1 aromatic rings. The van der Waals surface area contributed by atoms with Gasteiger partial charge in [0.15, 0.2) is 0 Å². The Bertz CT molecular complexity index is 662. The molecule has 0 aliphatic carbocycles. The van der Waals surface area contributed by atoms with Crippen LogP contribution in [-0.4, -0.2) is 64.8 Å². The average molecular weight is 350 g/mol. The highest BCUT2D eigenvalue weighted by molar-refractivity contribution is 5.74. The molecule has 3 heterocycles. The number of rotatable bonds is 3. The van der Waals surface area contributed by atoms with E-state index in [1.54, 1.807) is 17.2 Å². The van der Waals surface area contributed by atoms with Gasteiger partial charge in [0.05, 0.1) is 32.4 Å². The molecule has 1 aromatic heterocycles. The summed E-state index contributed by atoms with van der Waals surface area (Å²) in [4.78, 5) is 26.0. The van der Waals surface area contributed by atoms with Crippen molar-refractivity contribution in [2.45, 2.75) is 51.0 Å². The molecule has 3 rings (SSSR count). The van der Waals surface area contributed by atoms with E-state index in [0.717, 1.165) is 12.8 Å². The zero-order valence-corrected chi connectivity index (χ0v) is 14.8. The molecule has 2 amide bonds. The van der Waals surface area contributed by atoms with E-state index in [9.17, 15) is 9.59 Å². The first-order chi connectivity index (χ1) is 12.0. The van der Waals surface area contributed by atoms with Gasteiger partial charge in [-0.25, -0.2) is 9.48 Å². The van der Waals surface area contributed by atoms with Crippen LogP contribution < -0.4 is 10.9 Å². The molecule has 0 saturated carbocycles. The molecule has 0 aromatic carbocycles. The summed E-state index contributed by atoms with van der Waals surface area (Å²) in [6.07, 6.45) is 3.10. The van der Waals surface area contributed by atoms with Crippen LogP contribution in [0.15, 0.2) is 23.1 Å². The van der Waals surface area contributed by atoms with Gasteiger partial charge in [-0.3, -0.25) is 4.79 Å². The zero-order valence-electron chi connectivity index (χ0n) is 14.8. The van der Waals surface area contributed by atoms with Crippen LogP contribution in [0, 0.1) is 0 Å². The summed E-state index contributed by atoms with van der Waals surface area (Å²) >= 11 is 0. The smallest absolute Gasteiger partial charge is 0.317 e. The second kappa shape index (κ2) is 7.53. The van der Waals surface area contributed by atoms with E-state index in [4.69, 9.17) is 9.47 Å². The third-order valence-corrected chi connectivity index (χ3v) is 4.55. The molecule has 0 unspecified atom stereocenters. The van der Waals surface area contributed by atoms with Crippen molar-refractivity contribution < 1.29 is 14.3 Å². The molecule has 2 fully saturated rings. The molecule has 8 nitrogen and oxygen atoms in total. The van der Waals surface area contributed by atoms with Crippen LogP contribution in [0.25, 0.3) is 0 Å². The van der Waals surface area contributed by atoms with Crippen molar-refractivity contribution in [3.63, 3.8) is 0 Å². The van der Waals surface area contributed by atoms with E-state index in [2.05, 4.69) is 10.4 Å². The van der Waals surface area contributed by atoms with Crippen molar-refractivity contribution in [2.75, 3.05) is 26.3 Å². The highest BCUT2D eigenvalue weighted by Crippen LogP contribution is 2.33. The number of amides is 2. The van der Waals surface area contributed by atoms with Gasteiger partial charge in [-0.15, -0.1) is 0 Å². The van der Waals surface area contributed by atoms with Gasteiger partial charge in [0.1, 0.15) is 5.60 Å². The standard InChI is InChI=1S/C17H26N4O4/c1-13(2)19-16(23)20-8-9-24-12-17(11-20)6-5-14(25-17)10-21-15(22)4-3-7-18-21/h3-4,7,13-14H,5-6,8-12H2,1-2H3,(H,19,23)/t14-,17-/m0/s1. The minimum atomic E-state index is -0.506. The molecule has 1 spiro atoms. The quantitative estimate of drug-likeness (QED) is 0.863. The van der Waals surface area contributed by atoms with Gasteiger partial charge in [0, 0.05) is 24.8 Å². The molecular formula is C17H26N4O4. The number of hydrogen-bond acceptors (Lipinski definition) is 5. The summed E-state index contributed by atoms with van der Waals surface area (Å²) < 4.78 is 13.4. The summed E-state index contributed by atoms with van der Waals surface area (Å²) in [5.41, 5.74) is -0.643. The molecule has 2 aliphatic heterocycles. The molecule has 2 saturated heterocycles.